The molecule has 7 heteroatoms. The summed E-state index contributed by atoms with van der Waals surface area (Å²) in [7, 11) is -3.56. The Morgan fingerprint density at radius 1 is 1.29 bits per heavy atom. The van der Waals surface area contributed by atoms with Crippen LogP contribution in [-0.2, 0) is 14.6 Å². The third-order valence-electron chi connectivity index (χ3n) is 2.98. The van der Waals surface area contributed by atoms with E-state index in [2.05, 4.69) is 5.32 Å². The van der Waals surface area contributed by atoms with E-state index in [9.17, 15) is 18.0 Å². The SMILES string of the molecule is CCCCC(NC(=O)c1ccccc1S(C)(=O)=O)C(=O)O. The van der Waals surface area contributed by atoms with Crippen LogP contribution in [-0.4, -0.2) is 37.7 Å². The standard InChI is InChI=1S/C14H19NO5S/c1-3-4-8-11(14(17)18)15-13(16)10-7-5-6-9-12(10)21(2,19)20/h5-7,9,11H,3-4,8H2,1-2H3,(H,15,16)(H,17,18). The molecule has 0 saturated carbocycles. The highest BCUT2D eigenvalue weighted by Gasteiger charge is 2.23. The molecule has 21 heavy (non-hydrogen) atoms. The van der Waals surface area contributed by atoms with E-state index in [-0.39, 0.29) is 10.5 Å². The lowest BCUT2D eigenvalue weighted by Crippen LogP contribution is -2.41. The molecule has 1 amide bonds. The van der Waals surface area contributed by atoms with E-state index >= 15 is 0 Å². The summed E-state index contributed by atoms with van der Waals surface area (Å²) in [6, 6.07) is 4.71. The number of carboxylic acid groups (broad SMARTS) is 1. The van der Waals surface area contributed by atoms with Crippen LogP contribution in [0.2, 0.25) is 0 Å². The predicted molar refractivity (Wildman–Crippen MR) is 78.0 cm³/mol. The van der Waals surface area contributed by atoms with Crippen LogP contribution >= 0.6 is 0 Å². The number of rotatable bonds is 7. The van der Waals surface area contributed by atoms with Crippen molar-refractivity contribution in [2.24, 2.45) is 0 Å². The van der Waals surface area contributed by atoms with E-state index in [0.29, 0.717) is 12.8 Å². The normalized spacial score (nSPS) is 12.7. The molecule has 0 spiro atoms. The molecule has 0 fully saturated rings. The number of amides is 1. The van der Waals surface area contributed by atoms with Crippen molar-refractivity contribution >= 4 is 21.7 Å². The van der Waals surface area contributed by atoms with Crippen molar-refractivity contribution in [3.63, 3.8) is 0 Å². The number of hydrogen-bond donors (Lipinski definition) is 2. The van der Waals surface area contributed by atoms with Gasteiger partial charge < -0.3 is 10.4 Å². The largest absolute Gasteiger partial charge is 0.480 e. The number of aliphatic carboxylic acids is 1. The molecule has 0 aliphatic rings. The lowest BCUT2D eigenvalue weighted by Gasteiger charge is -2.15. The maximum absolute atomic E-state index is 12.2. The number of carbonyl (C=O) groups excluding carboxylic acids is 1. The van der Waals surface area contributed by atoms with Crippen LogP contribution in [0.15, 0.2) is 29.2 Å². The number of hydrogen-bond acceptors (Lipinski definition) is 4. The number of sulfone groups is 1. The molecule has 6 nitrogen and oxygen atoms in total. The molecule has 0 aromatic heterocycles. The van der Waals surface area contributed by atoms with Gasteiger partial charge >= 0.3 is 5.97 Å². The zero-order chi connectivity index (χ0) is 16.0. The van der Waals surface area contributed by atoms with Crippen LogP contribution in [0.5, 0.6) is 0 Å². The minimum atomic E-state index is -3.56. The van der Waals surface area contributed by atoms with E-state index in [1.54, 1.807) is 0 Å². The average molecular weight is 313 g/mol. The fourth-order valence-electron chi connectivity index (χ4n) is 1.88. The van der Waals surface area contributed by atoms with E-state index in [4.69, 9.17) is 5.11 Å². The molecule has 2 N–H and O–H groups in total. The third kappa shape index (κ3) is 4.86. The molecule has 0 saturated heterocycles. The maximum Gasteiger partial charge on any atom is 0.326 e. The van der Waals surface area contributed by atoms with Gasteiger partial charge in [-0.3, -0.25) is 4.79 Å². The van der Waals surface area contributed by atoms with Crippen molar-refractivity contribution < 1.29 is 23.1 Å². The lowest BCUT2D eigenvalue weighted by molar-refractivity contribution is -0.139. The average Bonchev–Trinajstić information content (AvgIpc) is 2.42. The summed E-state index contributed by atoms with van der Waals surface area (Å²) in [6.07, 6.45) is 2.77. The zero-order valence-corrected chi connectivity index (χ0v) is 12.8. The molecule has 1 rings (SSSR count). The maximum atomic E-state index is 12.2. The van der Waals surface area contributed by atoms with Gasteiger partial charge in [0.05, 0.1) is 10.5 Å². The molecule has 1 atom stereocenters. The van der Waals surface area contributed by atoms with Crippen LogP contribution in [0.25, 0.3) is 0 Å². The lowest BCUT2D eigenvalue weighted by atomic mass is 10.1. The Morgan fingerprint density at radius 3 is 2.43 bits per heavy atom. The highest BCUT2D eigenvalue weighted by molar-refractivity contribution is 7.90. The molecular weight excluding hydrogens is 294 g/mol. The predicted octanol–water partition coefficient (Wildman–Crippen LogP) is 1.46. The molecule has 1 aromatic rings. The van der Waals surface area contributed by atoms with Gasteiger partial charge in [0.1, 0.15) is 6.04 Å². The summed E-state index contributed by atoms with van der Waals surface area (Å²) in [5, 5.41) is 11.5. The number of carbonyl (C=O) groups is 2. The van der Waals surface area contributed by atoms with Gasteiger partial charge in [0, 0.05) is 6.26 Å². The van der Waals surface area contributed by atoms with Crippen LogP contribution in [0, 0.1) is 0 Å². The Morgan fingerprint density at radius 2 is 1.90 bits per heavy atom. The van der Waals surface area contributed by atoms with Crippen molar-refractivity contribution in [1.29, 1.82) is 0 Å². The van der Waals surface area contributed by atoms with E-state index in [1.165, 1.54) is 24.3 Å². The molecule has 0 bridgehead atoms. The molecule has 116 valence electrons. The van der Waals surface area contributed by atoms with Gasteiger partial charge in [0.2, 0.25) is 0 Å². The second-order valence-electron chi connectivity index (χ2n) is 4.77. The van der Waals surface area contributed by atoms with Crippen LogP contribution in [0.1, 0.15) is 36.5 Å². The van der Waals surface area contributed by atoms with Crippen LogP contribution in [0.4, 0.5) is 0 Å². The smallest absolute Gasteiger partial charge is 0.326 e. The highest BCUT2D eigenvalue weighted by Crippen LogP contribution is 2.15. The monoisotopic (exact) mass is 313 g/mol. The highest BCUT2D eigenvalue weighted by atomic mass is 32.2. The van der Waals surface area contributed by atoms with Gasteiger partial charge in [-0.1, -0.05) is 31.9 Å². The van der Waals surface area contributed by atoms with Gasteiger partial charge in [0.25, 0.3) is 5.91 Å². The molecular formula is C14H19NO5S. The number of benzene rings is 1. The number of carboxylic acids is 1. The number of unbranched alkanes of at least 4 members (excludes halogenated alkanes) is 1. The Hall–Kier alpha value is -1.89. The molecule has 1 unspecified atom stereocenters. The molecule has 0 aliphatic carbocycles. The summed E-state index contributed by atoms with van der Waals surface area (Å²) in [6.45, 7) is 1.92. The first-order valence-electron chi connectivity index (χ1n) is 6.60. The molecule has 0 aliphatic heterocycles. The first-order valence-corrected chi connectivity index (χ1v) is 8.49. The fraction of sp³-hybridized carbons (Fsp3) is 0.429. The Labute approximate surface area is 124 Å². The Balaban J connectivity index is 3.01. The second-order valence-corrected chi connectivity index (χ2v) is 6.76. The summed E-state index contributed by atoms with van der Waals surface area (Å²) in [5.41, 5.74) is -0.0391. The van der Waals surface area contributed by atoms with Gasteiger partial charge in [-0.05, 0) is 18.6 Å². The third-order valence-corrected chi connectivity index (χ3v) is 4.14. The van der Waals surface area contributed by atoms with Crippen molar-refractivity contribution in [1.82, 2.24) is 5.32 Å². The molecule has 0 heterocycles. The summed E-state index contributed by atoms with van der Waals surface area (Å²) in [5.74, 6) is -1.83. The van der Waals surface area contributed by atoms with Gasteiger partial charge in [-0.15, -0.1) is 0 Å². The van der Waals surface area contributed by atoms with Crippen molar-refractivity contribution in [2.45, 2.75) is 37.1 Å². The minimum absolute atomic E-state index is 0.0391. The summed E-state index contributed by atoms with van der Waals surface area (Å²) >= 11 is 0. The van der Waals surface area contributed by atoms with Crippen LogP contribution in [0.3, 0.4) is 0 Å². The molecule has 0 radical (unpaired) electrons. The minimum Gasteiger partial charge on any atom is -0.480 e. The summed E-state index contributed by atoms with van der Waals surface area (Å²) in [4.78, 5) is 23.2. The molecule has 1 aromatic carbocycles. The van der Waals surface area contributed by atoms with Gasteiger partial charge in [-0.25, -0.2) is 13.2 Å². The Kier molecular flexibility index (Phi) is 5.90. The quantitative estimate of drug-likeness (QED) is 0.793. The topological polar surface area (TPSA) is 101 Å². The fourth-order valence-corrected chi connectivity index (χ4v) is 2.77. The van der Waals surface area contributed by atoms with Crippen molar-refractivity contribution in [3.05, 3.63) is 29.8 Å². The number of nitrogens with one attached hydrogen (secondary N) is 1. The first kappa shape index (κ1) is 17.2. The second kappa shape index (κ2) is 7.21. The Bertz CT molecular complexity index is 624. The van der Waals surface area contributed by atoms with Gasteiger partial charge in [-0.2, -0.15) is 0 Å². The van der Waals surface area contributed by atoms with E-state index in [1.807, 2.05) is 6.92 Å². The zero-order valence-electron chi connectivity index (χ0n) is 12.0. The van der Waals surface area contributed by atoms with E-state index < -0.39 is 27.8 Å². The first-order chi connectivity index (χ1) is 9.77. The van der Waals surface area contributed by atoms with Gasteiger partial charge in [0.15, 0.2) is 9.84 Å². The van der Waals surface area contributed by atoms with Crippen molar-refractivity contribution in [2.75, 3.05) is 6.26 Å². The summed E-state index contributed by atoms with van der Waals surface area (Å²) < 4.78 is 23.3. The van der Waals surface area contributed by atoms with Crippen molar-refractivity contribution in [3.8, 4) is 0 Å². The van der Waals surface area contributed by atoms with E-state index in [0.717, 1.165) is 12.7 Å². The van der Waals surface area contributed by atoms with Crippen LogP contribution < -0.4 is 5.32 Å².